The number of hydrogen-bond donors (Lipinski definition) is 2. The zero-order valence-electron chi connectivity index (χ0n) is 20.2. The fraction of sp³-hybridized carbons (Fsp3) is 0.407. The Morgan fingerprint density at radius 3 is 2.94 bits per heavy atom. The van der Waals surface area contributed by atoms with Crippen LogP contribution < -0.4 is 10.5 Å². The summed E-state index contributed by atoms with van der Waals surface area (Å²) in [6.07, 6.45) is 3.74. The minimum absolute atomic E-state index is 0.0436. The van der Waals surface area contributed by atoms with Gasteiger partial charge in [-0.2, -0.15) is 0 Å². The lowest BCUT2D eigenvalue weighted by molar-refractivity contribution is -0.146. The van der Waals surface area contributed by atoms with Gasteiger partial charge in [-0.1, -0.05) is 17.7 Å². The van der Waals surface area contributed by atoms with Crippen LogP contribution >= 0.6 is 23.4 Å². The average Bonchev–Trinajstić information content (AvgIpc) is 2.87. The van der Waals surface area contributed by atoms with E-state index in [2.05, 4.69) is 9.88 Å². The highest BCUT2D eigenvalue weighted by Gasteiger charge is 2.34. The van der Waals surface area contributed by atoms with E-state index in [0.717, 1.165) is 46.6 Å². The summed E-state index contributed by atoms with van der Waals surface area (Å²) in [5.41, 5.74) is 8.22. The van der Waals surface area contributed by atoms with Crippen LogP contribution in [-0.4, -0.2) is 53.5 Å². The number of carbonyl (C=O) groups is 1. The third-order valence-electron chi connectivity index (χ3n) is 6.92. The first-order valence-electron chi connectivity index (χ1n) is 12.1. The molecule has 1 aliphatic rings. The van der Waals surface area contributed by atoms with E-state index in [9.17, 15) is 14.3 Å². The SMILES string of the molecule is COc1ccc2ncc(Cl)c([C@H](N)CCC3CCN(CCSc4cccc(F)c4)CC3C(=O)O)c2c1. The molecule has 1 aromatic heterocycles. The van der Waals surface area contributed by atoms with Crippen molar-refractivity contribution in [3.05, 3.63) is 65.1 Å². The minimum atomic E-state index is -0.770. The van der Waals surface area contributed by atoms with Gasteiger partial charge in [0.25, 0.3) is 0 Å². The Labute approximate surface area is 220 Å². The van der Waals surface area contributed by atoms with Crippen LogP contribution in [0.2, 0.25) is 5.02 Å². The van der Waals surface area contributed by atoms with Crippen molar-refractivity contribution in [3.63, 3.8) is 0 Å². The van der Waals surface area contributed by atoms with Crippen molar-refractivity contribution in [1.29, 1.82) is 0 Å². The predicted octanol–water partition coefficient (Wildman–Crippen LogP) is 5.63. The second-order valence-corrected chi connectivity index (χ2v) is 10.8. The molecule has 1 fully saturated rings. The first-order valence-corrected chi connectivity index (χ1v) is 13.4. The molecule has 9 heteroatoms. The number of piperidine rings is 1. The Bertz CT molecular complexity index is 1210. The molecule has 3 atom stereocenters. The van der Waals surface area contributed by atoms with Gasteiger partial charge in [-0.3, -0.25) is 9.78 Å². The van der Waals surface area contributed by atoms with E-state index in [4.69, 9.17) is 22.1 Å². The van der Waals surface area contributed by atoms with E-state index in [0.29, 0.717) is 30.2 Å². The van der Waals surface area contributed by atoms with E-state index in [1.807, 2.05) is 24.3 Å². The van der Waals surface area contributed by atoms with Crippen LogP contribution in [0.4, 0.5) is 4.39 Å². The lowest BCUT2D eigenvalue weighted by atomic mass is 9.81. The Balaban J connectivity index is 1.36. The fourth-order valence-electron chi connectivity index (χ4n) is 4.96. The van der Waals surface area contributed by atoms with E-state index >= 15 is 0 Å². The van der Waals surface area contributed by atoms with Crippen LogP contribution in [0.15, 0.2) is 53.6 Å². The number of carboxylic acids is 1. The molecule has 0 bridgehead atoms. The number of aromatic nitrogens is 1. The highest BCUT2D eigenvalue weighted by Crippen LogP contribution is 2.36. The molecular formula is C27H31ClFN3O3S. The molecule has 3 N–H and O–H groups in total. The maximum atomic E-state index is 13.4. The van der Waals surface area contributed by atoms with Crippen molar-refractivity contribution in [3.8, 4) is 5.75 Å². The second-order valence-electron chi connectivity index (χ2n) is 9.19. The van der Waals surface area contributed by atoms with Gasteiger partial charge < -0.3 is 20.5 Å². The van der Waals surface area contributed by atoms with Crippen LogP contribution in [-0.2, 0) is 4.79 Å². The number of carboxylic acid groups (broad SMARTS) is 1. The van der Waals surface area contributed by atoms with Gasteiger partial charge in [0.15, 0.2) is 0 Å². The van der Waals surface area contributed by atoms with Gasteiger partial charge in [-0.25, -0.2) is 4.39 Å². The standard InChI is InChI=1S/C27H31ClFN3O3S/c1-35-19-6-8-25-21(14-19)26(23(28)15-31-25)24(30)7-5-17-9-10-32(16-22(17)27(33)34)11-12-36-20-4-2-3-18(29)13-20/h2-4,6,8,13-15,17,22,24H,5,7,9-12,16,30H2,1H3,(H,33,34)/t17?,22?,24-/m1/s1. The summed E-state index contributed by atoms with van der Waals surface area (Å²) in [7, 11) is 1.61. The lowest BCUT2D eigenvalue weighted by Gasteiger charge is -2.37. The average molecular weight is 532 g/mol. The highest BCUT2D eigenvalue weighted by atomic mass is 35.5. The van der Waals surface area contributed by atoms with Crippen molar-refractivity contribution in [2.75, 3.05) is 32.5 Å². The summed E-state index contributed by atoms with van der Waals surface area (Å²) < 4.78 is 18.8. The Kier molecular flexibility index (Phi) is 9.06. The molecule has 6 nitrogen and oxygen atoms in total. The number of hydrogen-bond acceptors (Lipinski definition) is 6. The summed E-state index contributed by atoms with van der Waals surface area (Å²) in [6, 6.07) is 11.8. The normalized spacial score (nSPS) is 19.3. The Morgan fingerprint density at radius 1 is 1.36 bits per heavy atom. The highest BCUT2D eigenvalue weighted by molar-refractivity contribution is 7.99. The third-order valence-corrected chi connectivity index (χ3v) is 8.19. The number of nitrogens with zero attached hydrogens (tertiary/aromatic N) is 2. The minimum Gasteiger partial charge on any atom is -0.497 e. The zero-order chi connectivity index (χ0) is 25.7. The van der Waals surface area contributed by atoms with Crippen molar-refractivity contribution in [2.24, 2.45) is 17.6 Å². The molecule has 0 spiro atoms. The first kappa shape index (κ1) is 26.7. The molecule has 0 radical (unpaired) electrons. The molecule has 0 amide bonds. The number of pyridine rings is 1. The summed E-state index contributed by atoms with van der Waals surface area (Å²) in [5, 5.41) is 11.3. The predicted molar refractivity (Wildman–Crippen MR) is 142 cm³/mol. The molecule has 4 rings (SSSR count). The summed E-state index contributed by atoms with van der Waals surface area (Å²) in [6.45, 7) is 2.11. The van der Waals surface area contributed by atoms with Gasteiger partial charge in [0.1, 0.15) is 11.6 Å². The smallest absolute Gasteiger partial charge is 0.308 e. The van der Waals surface area contributed by atoms with Crippen molar-refractivity contribution >= 4 is 40.2 Å². The van der Waals surface area contributed by atoms with E-state index < -0.39 is 11.9 Å². The van der Waals surface area contributed by atoms with Gasteiger partial charge in [0.05, 0.1) is 23.6 Å². The molecule has 1 aliphatic heterocycles. The van der Waals surface area contributed by atoms with Gasteiger partial charge >= 0.3 is 5.97 Å². The number of likely N-dealkylation sites (tertiary alicyclic amines) is 1. The topological polar surface area (TPSA) is 88.7 Å². The molecule has 0 saturated carbocycles. The van der Waals surface area contributed by atoms with Gasteiger partial charge in [0, 0.05) is 41.4 Å². The van der Waals surface area contributed by atoms with Crippen LogP contribution in [0.5, 0.6) is 5.75 Å². The van der Waals surface area contributed by atoms with Crippen LogP contribution in [0.25, 0.3) is 10.9 Å². The molecule has 3 aromatic rings. The molecule has 0 aliphatic carbocycles. The largest absolute Gasteiger partial charge is 0.497 e. The number of rotatable bonds is 10. The summed E-state index contributed by atoms with van der Waals surface area (Å²) >= 11 is 8.09. The monoisotopic (exact) mass is 531 g/mol. The maximum absolute atomic E-state index is 13.4. The van der Waals surface area contributed by atoms with Gasteiger partial charge in [0.2, 0.25) is 0 Å². The summed E-state index contributed by atoms with van der Waals surface area (Å²) in [5.74, 6) is 0.0618. The number of methoxy groups -OCH3 is 1. The lowest BCUT2D eigenvalue weighted by Crippen LogP contribution is -2.44. The number of thioether (sulfide) groups is 1. The third kappa shape index (κ3) is 6.48. The van der Waals surface area contributed by atoms with E-state index in [1.165, 1.54) is 12.1 Å². The number of halogens is 2. The number of aliphatic carboxylic acids is 1. The van der Waals surface area contributed by atoms with Crippen LogP contribution in [0.1, 0.15) is 30.9 Å². The molecule has 1 saturated heterocycles. The molecule has 2 aromatic carbocycles. The molecule has 192 valence electrons. The number of benzene rings is 2. The molecule has 36 heavy (non-hydrogen) atoms. The van der Waals surface area contributed by atoms with Gasteiger partial charge in [-0.05, 0) is 73.7 Å². The van der Waals surface area contributed by atoms with E-state index in [1.54, 1.807) is 31.1 Å². The van der Waals surface area contributed by atoms with Crippen molar-refractivity contribution in [2.45, 2.75) is 30.2 Å². The van der Waals surface area contributed by atoms with Crippen molar-refractivity contribution < 1.29 is 19.0 Å². The number of ether oxygens (including phenoxy) is 1. The van der Waals surface area contributed by atoms with Gasteiger partial charge in [-0.15, -0.1) is 11.8 Å². The first-order chi connectivity index (χ1) is 17.4. The van der Waals surface area contributed by atoms with Crippen LogP contribution in [0, 0.1) is 17.7 Å². The summed E-state index contributed by atoms with van der Waals surface area (Å²) in [4.78, 5) is 19.6. The molecular weight excluding hydrogens is 501 g/mol. The van der Waals surface area contributed by atoms with Crippen molar-refractivity contribution in [1.82, 2.24) is 9.88 Å². The molecule has 2 unspecified atom stereocenters. The Hall–Kier alpha value is -2.39. The number of fused-ring (bicyclic) bond motifs is 1. The quantitative estimate of drug-likeness (QED) is 0.328. The maximum Gasteiger partial charge on any atom is 0.308 e. The van der Waals surface area contributed by atoms with Crippen LogP contribution in [0.3, 0.4) is 0 Å². The fourth-order valence-corrected chi connectivity index (χ4v) is 6.20. The second kappa shape index (κ2) is 12.2. The van der Waals surface area contributed by atoms with E-state index in [-0.39, 0.29) is 17.8 Å². The molecule has 2 heterocycles. The number of nitrogens with two attached hydrogens (primary N) is 1. The zero-order valence-corrected chi connectivity index (χ0v) is 21.8. The Morgan fingerprint density at radius 2 is 2.19 bits per heavy atom.